The van der Waals surface area contributed by atoms with Gasteiger partial charge in [0.15, 0.2) is 5.78 Å². The van der Waals surface area contributed by atoms with Crippen molar-refractivity contribution in [2.24, 2.45) is 5.92 Å². The van der Waals surface area contributed by atoms with Crippen LogP contribution in [0.25, 0.3) is 0 Å². The number of hydrogen-bond acceptors (Lipinski definition) is 3. The van der Waals surface area contributed by atoms with Crippen molar-refractivity contribution in [3.63, 3.8) is 0 Å². The number of likely N-dealkylation sites (tertiary alicyclic amines) is 1. The van der Waals surface area contributed by atoms with Gasteiger partial charge in [0.2, 0.25) is 5.91 Å². The Morgan fingerprint density at radius 2 is 1.86 bits per heavy atom. The second-order valence-electron chi connectivity index (χ2n) is 7.89. The molecule has 2 heterocycles. The summed E-state index contributed by atoms with van der Waals surface area (Å²) < 4.78 is 13.0. The topological polar surface area (TPSA) is 49.4 Å². The molecule has 0 spiro atoms. The molecule has 0 atom stereocenters. The van der Waals surface area contributed by atoms with E-state index in [-0.39, 0.29) is 17.5 Å². The SMILES string of the molecule is O=C1Cc2cc(C(=O)CCN3CCC(Cc4ccc(F)cc4)CC3)ccc2N1. The molecule has 0 bridgehead atoms. The summed E-state index contributed by atoms with van der Waals surface area (Å²) in [5.74, 6) is 0.562. The molecule has 1 fully saturated rings. The molecule has 1 amide bonds. The van der Waals surface area contributed by atoms with Crippen LogP contribution in [0.2, 0.25) is 0 Å². The van der Waals surface area contributed by atoms with Crippen LogP contribution in [0.1, 0.15) is 40.7 Å². The van der Waals surface area contributed by atoms with Gasteiger partial charge in [-0.15, -0.1) is 0 Å². The molecule has 0 unspecified atom stereocenters. The third kappa shape index (κ3) is 4.47. The lowest BCUT2D eigenvalue weighted by atomic mass is 9.90. The van der Waals surface area contributed by atoms with Crippen LogP contribution in [-0.4, -0.2) is 36.2 Å². The first-order chi connectivity index (χ1) is 13.6. The third-order valence-corrected chi connectivity index (χ3v) is 5.85. The highest BCUT2D eigenvalue weighted by atomic mass is 19.1. The van der Waals surface area contributed by atoms with Crippen LogP contribution in [0.15, 0.2) is 42.5 Å². The van der Waals surface area contributed by atoms with Crippen LogP contribution in [0.3, 0.4) is 0 Å². The number of amides is 1. The summed E-state index contributed by atoms with van der Waals surface area (Å²) in [6.07, 6.45) is 4.08. The van der Waals surface area contributed by atoms with Gasteiger partial charge in [-0.3, -0.25) is 9.59 Å². The number of benzene rings is 2. The molecule has 2 aromatic rings. The zero-order valence-electron chi connectivity index (χ0n) is 15.9. The molecular formula is C23H25FN2O2. The maximum atomic E-state index is 13.0. The average Bonchev–Trinajstić information content (AvgIpc) is 3.08. The fourth-order valence-electron chi connectivity index (χ4n) is 4.17. The molecule has 146 valence electrons. The van der Waals surface area contributed by atoms with Gasteiger partial charge < -0.3 is 10.2 Å². The Kier molecular flexibility index (Phi) is 5.53. The average molecular weight is 380 g/mol. The number of carbonyl (C=O) groups is 2. The lowest BCUT2D eigenvalue weighted by Gasteiger charge is -2.31. The molecule has 2 aromatic carbocycles. The second-order valence-corrected chi connectivity index (χ2v) is 7.89. The van der Waals surface area contributed by atoms with E-state index in [2.05, 4.69) is 10.2 Å². The van der Waals surface area contributed by atoms with E-state index in [1.165, 1.54) is 17.7 Å². The van der Waals surface area contributed by atoms with Crippen molar-refractivity contribution in [3.8, 4) is 0 Å². The largest absolute Gasteiger partial charge is 0.326 e. The molecule has 0 saturated carbocycles. The van der Waals surface area contributed by atoms with Gasteiger partial charge in [-0.1, -0.05) is 12.1 Å². The molecule has 2 aliphatic rings. The standard InChI is InChI=1S/C23H25FN2O2/c24-20-4-1-16(2-5-20)13-17-7-10-26(11-8-17)12-9-22(27)18-3-6-21-19(14-18)15-23(28)25-21/h1-6,14,17H,7-13,15H2,(H,25,28). The van der Waals surface area contributed by atoms with E-state index in [0.717, 1.165) is 50.1 Å². The fraction of sp³-hybridized carbons (Fsp3) is 0.391. The van der Waals surface area contributed by atoms with Crippen LogP contribution >= 0.6 is 0 Å². The molecule has 5 heteroatoms. The van der Waals surface area contributed by atoms with Crippen LogP contribution in [0.5, 0.6) is 0 Å². The number of carbonyl (C=O) groups excluding carboxylic acids is 2. The first-order valence-electron chi connectivity index (χ1n) is 9.99. The minimum atomic E-state index is -0.186. The highest BCUT2D eigenvalue weighted by Crippen LogP contribution is 2.25. The number of nitrogens with one attached hydrogen (secondary N) is 1. The highest BCUT2D eigenvalue weighted by Gasteiger charge is 2.22. The Balaban J connectivity index is 1.23. The van der Waals surface area contributed by atoms with Gasteiger partial charge in [0, 0.05) is 24.2 Å². The molecule has 0 radical (unpaired) electrons. The minimum absolute atomic E-state index is 0.0110. The fourth-order valence-corrected chi connectivity index (χ4v) is 4.17. The number of nitrogens with zero attached hydrogens (tertiary/aromatic N) is 1. The summed E-state index contributed by atoms with van der Waals surface area (Å²) in [6.45, 7) is 2.78. The number of anilines is 1. The van der Waals surface area contributed by atoms with Gasteiger partial charge in [-0.25, -0.2) is 4.39 Å². The van der Waals surface area contributed by atoms with Crippen molar-refractivity contribution in [1.82, 2.24) is 4.90 Å². The first-order valence-corrected chi connectivity index (χ1v) is 9.99. The number of hydrogen-bond donors (Lipinski definition) is 1. The predicted octanol–water partition coefficient (Wildman–Crippen LogP) is 3.85. The highest BCUT2D eigenvalue weighted by molar-refractivity contribution is 6.02. The van der Waals surface area contributed by atoms with Crippen molar-refractivity contribution in [2.45, 2.75) is 32.1 Å². The van der Waals surface area contributed by atoms with E-state index >= 15 is 0 Å². The molecule has 0 aromatic heterocycles. The molecule has 1 N–H and O–H groups in total. The molecular weight excluding hydrogens is 355 g/mol. The van der Waals surface area contributed by atoms with Crippen LogP contribution in [0, 0.1) is 11.7 Å². The summed E-state index contributed by atoms with van der Waals surface area (Å²) in [5.41, 5.74) is 3.63. The first kappa shape index (κ1) is 18.8. The molecule has 0 aliphatic carbocycles. The zero-order valence-corrected chi connectivity index (χ0v) is 15.9. The Hall–Kier alpha value is -2.53. The maximum Gasteiger partial charge on any atom is 0.228 e. The van der Waals surface area contributed by atoms with Crippen molar-refractivity contribution in [1.29, 1.82) is 0 Å². The molecule has 2 aliphatic heterocycles. The van der Waals surface area contributed by atoms with E-state index in [1.807, 2.05) is 30.3 Å². The van der Waals surface area contributed by atoms with Gasteiger partial charge in [0.05, 0.1) is 6.42 Å². The van der Waals surface area contributed by atoms with Crippen molar-refractivity contribution in [2.75, 3.05) is 25.0 Å². The molecule has 4 rings (SSSR count). The number of ketones is 1. The smallest absolute Gasteiger partial charge is 0.228 e. The van der Waals surface area contributed by atoms with Gasteiger partial charge in [-0.2, -0.15) is 0 Å². The van der Waals surface area contributed by atoms with E-state index in [0.29, 0.717) is 24.3 Å². The van der Waals surface area contributed by atoms with Crippen molar-refractivity contribution >= 4 is 17.4 Å². The zero-order chi connectivity index (χ0) is 19.5. The Labute approximate surface area is 164 Å². The molecule has 4 nitrogen and oxygen atoms in total. The lowest BCUT2D eigenvalue weighted by molar-refractivity contribution is -0.115. The van der Waals surface area contributed by atoms with Crippen molar-refractivity contribution in [3.05, 3.63) is 65.0 Å². The van der Waals surface area contributed by atoms with Gasteiger partial charge in [0.1, 0.15) is 5.82 Å². The normalized spacial score (nSPS) is 17.4. The predicted molar refractivity (Wildman–Crippen MR) is 107 cm³/mol. The van der Waals surface area contributed by atoms with Gasteiger partial charge in [0.25, 0.3) is 0 Å². The van der Waals surface area contributed by atoms with E-state index in [9.17, 15) is 14.0 Å². The number of fused-ring (bicyclic) bond motifs is 1. The van der Waals surface area contributed by atoms with Crippen molar-refractivity contribution < 1.29 is 14.0 Å². The second kappa shape index (κ2) is 8.23. The minimum Gasteiger partial charge on any atom is -0.326 e. The Morgan fingerprint density at radius 1 is 1.11 bits per heavy atom. The summed E-state index contributed by atoms with van der Waals surface area (Å²) in [4.78, 5) is 26.3. The Morgan fingerprint density at radius 3 is 2.61 bits per heavy atom. The number of piperidine rings is 1. The third-order valence-electron chi connectivity index (χ3n) is 5.85. The summed E-state index contributed by atoms with van der Waals surface area (Å²) in [7, 11) is 0. The maximum absolute atomic E-state index is 13.0. The Bertz CT molecular complexity index is 871. The summed E-state index contributed by atoms with van der Waals surface area (Å²) >= 11 is 0. The molecule has 28 heavy (non-hydrogen) atoms. The summed E-state index contributed by atoms with van der Waals surface area (Å²) in [6, 6.07) is 12.3. The quantitative estimate of drug-likeness (QED) is 0.775. The van der Waals surface area contributed by atoms with Crippen LogP contribution in [0.4, 0.5) is 10.1 Å². The molecule has 1 saturated heterocycles. The number of rotatable bonds is 6. The number of halogens is 1. The van der Waals surface area contributed by atoms with E-state index in [1.54, 1.807) is 0 Å². The summed E-state index contributed by atoms with van der Waals surface area (Å²) in [5, 5.41) is 2.79. The number of Topliss-reactive ketones (excluding diaryl/α,β-unsaturated/α-hetero) is 1. The van der Waals surface area contributed by atoms with Crippen LogP contribution in [-0.2, 0) is 17.6 Å². The van der Waals surface area contributed by atoms with Gasteiger partial charge >= 0.3 is 0 Å². The monoisotopic (exact) mass is 380 g/mol. The lowest BCUT2D eigenvalue weighted by Crippen LogP contribution is -2.35. The van der Waals surface area contributed by atoms with Crippen LogP contribution < -0.4 is 5.32 Å². The van der Waals surface area contributed by atoms with E-state index < -0.39 is 0 Å². The van der Waals surface area contributed by atoms with Gasteiger partial charge in [-0.05, 0) is 79.7 Å². The van der Waals surface area contributed by atoms with E-state index in [4.69, 9.17) is 0 Å².